The third kappa shape index (κ3) is 4.92. The number of rotatable bonds is 4. The third-order valence-electron chi connectivity index (χ3n) is 4.54. The highest BCUT2D eigenvalue weighted by molar-refractivity contribution is 5.86. The maximum Gasteiger partial charge on any atom is 0.411 e. The zero-order valence-electron chi connectivity index (χ0n) is 16.4. The molecule has 150 valence electrons. The molecule has 7 heteroatoms. The summed E-state index contributed by atoms with van der Waals surface area (Å²) in [5.41, 5.74) is 2.39. The van der Waals surface area contributed by atoms with Gasteiger partial charge in [-0.05, 0) is 44.0 Å². The smallest absolute Gasteiger partial charge is 0.411 e. The molecule has 1 aliphatic rings. The summed E-state index contributed by atoms with van der Waals surface area (Å²) in [6.07, 6.45) is 0.759. The molecule has 3 rings (SSSR count). The summed E-state index contributed by atoms with van der Waals surface area (Å²) in [7, 11) is 0. The molecule has 0 saturated carbocycles. The second-order valence-corrected chi connectivity index (χ2v) is 8.04. The van der Waals surface area contributed by atoms with Crippen molar-refractivity contribution in [2.24, 2.45) is 0 Å². The number of carbonyl (C=O) groups excluding carboxylic acids is 2. The van der Waals surface area contributed by atoms with Crippen molar-refractivity contribution in [2.75, 3.05) is 6.54 Å². The number of hydrogen-bond acceptors (Lipinski definition) is 4. The number of β-amino-alcohol motifs (C(OH)–C–C–N with tert-alkyl or cyclic N) is 1. The number of nitrogens with zero attached hydrogens (tertiary/aromatic N) is 1. The molecule has 2 amide bonds. The minimum absolute atomic E-state index is 0.0951. The average Bonchev–Trinajstić information content (AvgIpc) is 3.28. The molecule has 0 bridgehead atoms. The van der Waals surface area contributed by atoms with Crippen molar-refractivity contribution in [1.82, 2.24) is 15.2 Å². The van der Waals surface area contributed by atoms with Gasteiger partial charge in [0.1, 0.15) is 11.6 Å². The summed E-state index contributed by atoms with van der Waals surface area (Å²) >= 11 is 0. The number of ether oxygens (including phenoxy) is 1. The Morgan fingerprint density at radius 1 is 1.25 bits per heavy atom. The average molecular weight is 385 g/mol. The van der Waals surface area contributed by atoms with Crippen molar-refractivity contribution >= 4 is 12.0 Å². The van der Waals surface area contributed by atoms with Crippen molar-refractivity contribution in [3.05, 3.63) is 48.2 Å². The van der Waals surface area contributed by atoms with Crippen molar-refractivity contribution in [2.45, 2.75) is 51.5 Å². The molecule has 1 aromatic carbocycles. The second-order valence-electron chi connectivity index (χ2n) is 8.04. The summed E-state index contributed by atoms with van der Waals surface area (Å²) in [5.74, 6) is -0.296. The Bertz CT molecular complexity index is 809. The van der Waals surface area contributed by atoms with Crippen LogP contribution in [0.3, 0.4) is 0 Å². The van der Waals surface area contributed by atoms with Gasteiger partial charge in [-0.2, -0.15) is 0 Å². The molecule has 1 saturated heterocycles. The maximum absolute atomic E-state index is 12.6. The van der Waals surface area contributed by atoms with Crippen LogP contribution in [-0.2, 0) is 16.1 Å². The van der Waals surface area contributed by atoms with Crippen LogP contribution in [0.1, 0.15) is 32.8 Å². The van der Waals surface area contributed by atoms with Crippen LogP contribution in [-0.4, -0.2) is 51.3 Å². The number of nitrogens with one attached hydrogen (secondary N) is 2. The molecule has 2 heterocycles. The van der Waals surface area contributed by atoms with Crippen molar-refractivity contribution < 1.29 is 19.4 Å². The van der Waals surface area contributed by atoms with E-state index in [2.05, 4.69) is 10.3 Å². The molecule has 7 nitrogen and oxygen atoms in total. The summed E-state index contributed by atoms with van der Waals surface area (Å²) in [5, 5.41) is 12.8. The second kappa shape index (κ2) is 8.06. The molecule has 0 radical (unpaired) electrons. The first-order valence-electron chi connectivity index (χ1n) is 9.41. The van der Waals surface area contributed by atoms with Crippen LogP contribution < -0.4 is 5.32 Å². The highest BCUT2D eigenvalue weighted by Gasteiger charge is 2.40. The van der Waals surface area contributed by atoms with Gasteiger partial charge >= 0.3 is 6.09 Å². The number of carbonyl (C=O) groups is 2. The molecule has 0 aliphatic carbocycles. The number of aromatic nitrogens is 1. The van der Waals surface area contributed by atoms with Crippen LogP contribution in [0, 0.1) is 0 Å². The van der Waals surface area contributed by atoms with E-state index in [9.17, 15) is 14.7 Å². The quantitative estimate of drug-likeness (QED) is 0.754. The Hall–Kier alpha value is -2.80. The van der Waals surface area contributed by atoms with Gasteiger partial charge in [-0.25, -0.2) is 4.79 Å². The van der Waals surface area contributed by atoms with E-state index in [-0.39, 0.29) is 18.9 Å². The van der Waals surface area contributed by atoms with E-state index in [0.29, 0.717) is 6.54 Å². The fourth-order valence-electron chi connectivity index (χ4n) is 3.20. The Morgan fingerprint density at radius 2 is 1.96 bits per heavy atom. The predicted molar refractivity (Wildman–Crippen MR) is 105 cm³/mol. The first-order chi connectivity index (χ1) is 13.2. The van der Waals surface area contributed by atoms with Gasteiger partial charge in [0.15, 0.2) is 0 Å². The molecule has 0 spiro atoms. The van der Waals surface area contributed by atoms with Crippen molar-refractivity contribution in [1.29, 1.82) is 0 Å². The molecule has 1 aromatic heterocycles. The van der Waals surface area contributed by atoms with E-state index in [4.69, 9.17) is 4.74 Å². The lowest BCUT2D eigenvalue weighted by molar-refractivity contribution is -0.125. The standard InChI is InChI=1S/C21H27N3O4/c1-21(2,3)28-20(27)24-13-16(25)11-18(24)19(26)23-12-14-6-8-15(9-7-14)17-5-4-10-22-17/h4-10,16,18,22,25H,11-13H2,1-3H3,(H,23,26)/t16-,18+/m1/s1. The normalized spacial score (nSPS) is 19.5. The largest absolute Gasteiger partial charge is 0.444 e. The third-order valence-corrected chi connectivity index (χ3v) is 4.54. The van der Waals surface area contributed by atoms with Gasteiger partial charge in [0.25, 0.3) is 0 Å². The van der Waals surface area contributed by atoms with E-state index in [1.54, 1.807) is 20.8 Å². The number of hydrogen-bond donors (Lipinski definition) is 3. The summed E-state index contributed by atoms with van der Waals surface area (Å²) in [6.45, 7) is 5.74. The van der Waals surface area contributed by atoms with Crippen LogP contribution in [0.5, 0.6) is 0 Å². The van der Waals surface area contributed by atoms with Crippen molar-refractivity contribution in [3.63, 3.8) is 0 Å². The first-order valence-corrected chi connectivity index (χ1v) is 9.41. The van der Waals surface area contributed by atoms with Gasteiger partial charge in [-0.1, -0.05) is 24.3 Å². The number of likely N-dealkylation sites (tertiary alicyclic amines) is 1. The van der Waals surface area contributed by atoms with Gasteiger partial charge in [-0.3, -0.25) is 9.69 Å². The molecule has 1 aliphatic heterocycles. The van der Waals surface area contributed by atoms with Crippen LogP contribution in [0.15, 0.2) is 42.6 Å². The van der Waals surface area contributed by atoms with Crippen LogP contribution in [0.25, 0.3) is 11.3 Å². The first kappa shape index (κ1) is 19.9. The minimum atomic E-state index is -0.733. The maximum atomic E-state index is 12.6. The fourth-order valence-corrected chi connectivity index (χ4v) is 3.20. The van der Waals surface area contributed by atoms with Crippen LogP contribution in [0.4, 0.5) is 4.79 Å². The molecule has 2 aromatic rings. The molecule has 3 N–H and O–H groups in total. The lowest BCUT2D eigenvalue weighted by Gasteiger charge is -2.27. The molecular formula is C21H27N3O4. The fraction of sp³-hybridized carbons (Fsp3) is 0.429. The van der Waals surface area contributed by atoms with E-state index < -0.39 is 23.8 Å². The van der Waals surface area contributed by atoms with Gasteiger partial charge < -0.3 is 20.1 Å². The highest BCUT2D eigenvalue weighted by atomic mass is 16.6. The van der Waals surface area contributed by atoms with Gasteiger partial charge in [0, 0.05) is 24.9 Å². The highest BCUT2D eigenvalue weighted by Crippen LogP contribution is 2.22. The SMILES string of the molecule is CC(C)(C)OC(=O)N1C[C@H](O)C[C@H]1C(=O)NCc1ccc(-c2ccc[nH]2)cc1. The number of aliphatic hydroxyl groups is 1. The van der Waals surface area contributed by atoms with Gasteiger partial charge in [0.05, 0.1) is 12.6 Å². The minimum Gasteiger partial charge on any atom is -0.444 e. The Kier molecular flexibility index (Phi) is 5.74. The van der Waals surface area contributed by atoms with Crippen molar-refractivity contribution in [3.8, 4) is 11.3 Å². The number of aliphatic hydroxyl groups excluding tert-OH is 1. The number of amides is 2. The summed E-state index contributed by atoms with van der Waals surface area (Å²) in [4.78, 5) is 29.4. The Balaban J connectivity index is 1.59. The van der Waals surface area contributed by atoms with E-state index >= 15 is 0 Å². The number of H-pyrrole nitrogens is 1. The van der Waals surface area contributed by atoms with E-state index in [0.717, 1.165) is 16.8 Å². The molecule has 28 heavy (non-hydrogen) atoms. The Labute approximate surface area is 164 Å². The van der Waals surface area contributed by atoms with E-state index in [1.807, 2.05) is 42.6 Å². The monoisotopic (exact) mass is 385 g/mol. The van der Waals surface area contributed by atoms with Gasteiger partial charge in [0.2, 0.25) is 5.91 Å². The Morgan fingerprint density at radius 3 is 2.57 bits per heavy atom. The lowest BCUT2D eigenvalue weighted by atomic mass is 10.1. The van der Waals surface area contributed by atoms with E-state index in [1.165, 1.54) is 4.90 Å². The lowest BCUT2D eigenvalue weighted by Crippen LogP contribution is -2.47. The number of benzene rings is 1. The molecule has 1 fully saturated rings. The summed E-state index contributed by atoms with van der Waals surface area (Å²) < 4.78 is 5.35. The van der Waals surface area contributed by atoms with Crippen LogP contribution in [0.2, 0.25) is 0 Å². The zero-order chi connectivity index (χ0) is 20.3. The van der Waals surface area contributed by atoms with Crippen LogP contribution >= 0.6 is 0 Å². The molecule has 0 unspecified atom stereocenters. The zero-order valence-corrected chi connectivity index (χ0v) is 16.4. The molecular weight excluding hydrogens is 358 g/mol. The van der Waals surface area contributed by atoms with Gasteiger partial charge in [-0.15, -0.1) is 0 Å². The molecule has 2 atom stereocenters. The summed E-state index contributed by atoms with van der Waals surface area (Å²) in [6, 6.07) is 11.1. The predicted octanol–water partition coefficient (Wildman–Crippen LogP) is 2.67. The number of aromatic amines is 1. The topological polar surface area (TPSA) is 94.7 Å².